The van der Waals surface area contributed by atoms with Crippen molar-refractivity contribution in [1.29, 1.82) is 0 Å². The SMILES string of the molecule is CCCC(C1c2ccccc2-c2ccccc21)C(CCC)C1c2ccccc2-c2ccccc21. The number of fused-ring (bicyclic) bond motifs is 6. The first-order valence-corrected chi connectivity index (χ1v) is 13.2. The molecule has 34 heavy (non-hydrogen) atoms. The molecule has 0 bridgehead atoms. The summed E-state index contributed by atoms with van der Waals surface area (Å²) in [5.74, 6) is 2.17. The quantitative estimate of drug-likeness (QED) is 0.267. The topological polar surface area (TPSA) is 0 Å². The highest BCUT2D eigenvalue weighted by Crippen LogP contribution is 2.57. The van der Waals surface area contributed by atoms with Gasteiger partial charge in [0.1, 0.15) is 0 Å². The van der Waals surface area contributed by atoms with Gasteiger partial charge in [0.25, 0.3) is 0 Å². The van der Waals surface area contributed by atoms with Crippen molar-refractivity contribution in [3.63, 3.8) is 0 Å². The Morgan fingerprint density at radius 1 is 0.441 bits per heavy atom. The van der Waals surface area contributed by atoms with Gasteiger partial charge in [-0.15, -0.1) is 0 Å². The number of hydrogen-bond donors (Lipinski definition) is 0. The molecule has 0 aromatic heterocycles. The van der Waals surface area contributed by atoms with Crippen LogP contribution < -0.4 is 0 Å². The zero-order chi connectivity index (χ0) is 23.1. The van der Waals surface area contributed by atoms with Crippen molar-refractivity contribution in [2.75, 3.05) is 0 Å². The lowest BCUT2D eigenvalue weighted by Crippen LogP contribution is -2.27. The third-order valence-corrected chi connectivity index (χ3v) is 8.41. The fraction of sp³-hybridized carbons (Fsp3) is 0.294. The molecule has 0 saturated carbocycles. The van der Waals surface area contributed by atoms with E-state index in [1.165, 1.54) is 47.9 Å². The van der Waals surface area contributed by atoms with Crippen LogP contribution in [-0.4, -0.2) is 0 Å². The molecule has 170 valence electrons. The first kappa shape index (κ1) is 21.4. The van der Waals surface area contributed by atoms with Crippen LogP contribution >= 0.6 is 0 Å². The molecule has 4 aromatic carbocycles. The molecule has 0 amide bonds. The normalized spacial score (nSPS) is 15.9. The van der Waals surface area contributed by atoms with Gasteiger partial charge in [-0.25, -0.2) is 0 Å². The molecule has 0 heterocycles. The summed E-state index contributed by atoms with van der Waals surface area (Å²) < 4.78 is 0. The molecule has 2 unspecified atom stereocenters. The highest BCUT2D eigenvalue weighted by Gasteiger charge is 2.43. The summed E-state index contributed by atoms with van der Waals surface area (Å²) in [6.07, 6.45) is 4.97. The van der Waals surface area contributed by atoms with Crippen molar-refractivity contribution in [3.8, 4) is 22.3 Å². The first-order chi connectivity index (χ1) is 16.8. The van der Waals surface area contributed by atoms with Gasteiger partial charge in [-0.3, -0.25) is 0 Å². The van der Waals surface area contributed by atoms with E-state index in [2.05, 4.69) is 111 Å². The van der Waals surface area contributed by atoms with E-state index in [4.69, 9.17) is 0 Å². The van der Waals surface area contributed by atoms with Gasteiger partial charge in [0.2, 0.25) is 0 Å². The van der Waals surface area contributed by atoms with E-state index in [1.54, 1.807) is 22.3 Å². The Balaban J connectivity index is 1.53. The Hall–Kier alpha value is -3.12. The molecule has 0 N–H and O–H groups in total. The van der Waals surface area contributed by atoms with Crippen LogP contribution in [0, 0.1) is 11.8 Å². The minimum atomic E-state index is 0.476. The molecular formula is C34H34. The number of hydrogen-bond acceptors (Lipinski definition) is 0. The molecular weight excluding hydrogens is 408 g/mol. The van der Waals surface area contributed by atoms with E-state index in [9.17, 15) is 0 Å². The van der Waals surface area contributed by atoms with Gasteiger partial charge in [-0.1, -0.05) is 124 Å². The predicted octanol–water partition coefficient (Wildman–Crippen LogP) is 9.44. The maximum Gasteiger partial charge on any atom is 0.0133 e. The van der Waals surface area contributed by atoms with Gasteiger partial charge in [0.05, 0.1) is 0 Å². The van der Waals surface area contributed by atoms with Gasteiger partial charge in [-0.2, -0.15) is 0 Å². The van der Waals surface area contributed by atoms with E-state index < -0.39 is 0 Å². The van der Waals surface area contributed by atoms with Crippen LogP contribution in [0.5, 0.6) is 0 Å². The lowest BCUT2D eigenvalue weighted by molar-refractivity contribution is 0.243. The van der Waals surface area contributed by atoms with Gasteiger partial charge < -0.3 is 0 Å². The number of benzene rings is 4. The van der Waals surface area contributed by atoms with E-state index in [-0.39, 0.29) is 0 Å². The summed E-state index contributed by atoms with van der Waals surface area (Å²) in [5.41, 5.74) is 12.0. The maximum absolute atomic E-state index is 2.40. The summed E-state index contributed by atoms with van der Waals surface area (Å²) in [6, 6.07) is 36.8. The molecule has 0 aliphatic heterocycles. The van der Waals surface area contributed by atoms with Crippen molar-refractivity contribution in [3.05, 3.63) is 119 Å². The highest BCUT2D eigenvalue weighted by atomic mass is 14.5. The molecule has 0 nitrogen and oxygen atoms in total. The van der Waals surface area contributed by atoms with Crippen molar-refractivity contribution >= 4 is 0 Å². The molecule has 2 atom stereocenters. The molecule has 0 fully saturated rings. The molecule has 2 aliphatic carbocycles. The minimum Gasteiger partial charge on any atom is -0.0654 e. The van der Waals surface area contributed by atoms with Crippen molar-refractivity contribution < 1.29 is 0 Å². The third kappa shape index (κ3) is 3.27. The van der Waals surface area contributed by atoms with Crippen molar-refractivity contribution in [2.24, 2.45) is 11.8 Å². The molecule has 0 heteroatoms. The van der Waals surface area contributed by atoms with Crippen LogP contribution in [0.25, 0.3) is 22.3 Å². The Kier molecular flexibility index (Phi) is 5.61. The molecule has 0 spiro atoms. The van der Waals surface area contributed by atoms with Crippen molar-refractivity contribution in [1.82, 2.24) is 0 Å². The summed E-state index contributed by atoms with van der Waals surface area (Å²) in [4.78, 5) is 0. The smallest absolute Gasteiger partial charge is 0.0133 e. The van der Waals surface area contributed by atoms with Gasteiger partial charge in [-0.05, 0) is 69.2 Å². The summed E-state index contributed by atoms with van der Waals surface area (Å²) in [7, 11) is 0. The molecule has 6 rings (SSSR count). The average molecular weight is 443 g/mol. The van der Waals surface area contributed by atoms with Crippen LogP contribution in [-0.2, 0) is 0 Å². The van der Waals surface area contributed by atoms with Crippen LogP contribution in [0.4, 0.5) is 0 Å². The van der Waals surface area contributed by atoms with E-state index in [0.717, 1.165) is 0 Å². The Morgan fingerprint density at radius 3 is 0.971 bits per heavy atom. The monoisotopic (exact) mass is 442 g/mol. The molecule has 0 saturated heterocycles. The second kappa shape index (κ2) is 8.91. The van der Waals surface area contributed by atoms with E-state index in [1.807, 2.05) is 0 Å². The van der Waals surface area contributed by atoms with Crippen LogP contribution in [0.15, 0.2) is 97.1 Å². The zero-order valence-electron chi connectivity index (χ0n) is 20.4. The molecule has 2 aliphatic rings. The van der Waals surface area contributed by atoms with Crippen molar-refractivity contribution in [2.45, 2.75) is 51.4 Å². The maximum atomic E-state index is 2.40. The summed E-state index contributed by atoms with van der Waals surface area (Å²) in [6.45, 7) is 4.75. The highest BCUT2D eigenvalue weighted by molar-refractivity contribution is 5.80. The Morgan fingerprint density at radius 2 is 0.706 bits per heavy atom. The summed E-state index contributed by atoms with van der Waals surface area (Å²) in [5, 5.41) is 0. The van der Waals surface area contributed by atoms with Gasteiger partial charge in [0.15, 0.2) is 0 Å². The standard InChI is InChI=1S/C34H34/c1-3-13-27(33-29-19-9-5-15-23(29)24-16-6-10-20-30(24)33)28(14-4-2)34-31-21-11-7-17-25(31)26-18-8-12-22-32(26)34/h5-12,15-22,27-28,33-34H,3-4,13-14H2,1-2H3. The average Bonchev–Trinajstić information content (AvgIpc) is 3.40. The molecule has 0 radical (unpaired) electrons. The Bertz CT molecular complexity index is 1120. The van der Waals surface area contributed by atoms with E-state index in [0.29, 0.717) is 23.7 Å². The zero-order valence-corrected chi connectivity index (χ0v) is 20.4. The second-order valence-corrected chi connectivity index (χ2v) is 10.2. The van der Waals surface area contributed by atoms with E-state index >= 15 is 0 Å². The van der Waals surface area contributed by atoms with Crippen LogP contribution in [0.1, 0.15) is 73.6 Å². The predicted molar refractivity (Wildman–Crippen MR) is 144 cm³/mol. The van der Waals surface area contributed by atoms with Gasteiger partial charge >= 0.3 is 0 Å². The Labute approximate surface area is 204 Å². The molecule has 4 aromatic rings. The van der Waals surface area contributed by atoms with Gasteiger partial charge in [0, 0.05) is 11.8 Å². The minimum absolute atomic E-state index is 0.476. The second-order valence-electron chi connectivity index (χ2n) is 10.2. The fourth-order valence-corrected chi connectivity index (χ4v) is 7.23. The largest absolute Gasteiger partial charge is 0.0654 e. The van der Waals surface area contributed by atoms with Crippen LogP contribution in [0.3, 0.4) is 0 Å². The first-order valence-electron chi connectivity index (χ1n) is 13.2. The lowest BCUT2D eigenvalue weighted by atomic mass is 9.66. The lowest BCUT2D eigenvalue weighted by Gasteiger charge is -2.37. The fourth-order valence-electron chi connectivity index (χ4n) is 7.23. The third-order valence-electron chi connectivity index (χ3n) is 8.41. The summed E-state index contributed by atoms with van der Waals surface area (Å²) >= 11 is 0. The van der Waals surface area contributed by atoms with Crippen LogP contribution in [0.2, 0.25) is 0 Å². The number of rotatable bonds is 7.